The number of carbonyl (C=O) groups is 3. The first-order chi connectivity index (χ1) is 39.2. The first-order valence-electron chi connectivity index (χ1n) is 32.1. The Hall–Kier alpha value is -3.60. The standard InChI is InChI=1S/C68H117O11P/c1-4-7-10-13-16-19-22-25-28-30-32-34-37-39-42-45-48-51-54-57-66(70)75-61-65(79-68(72)59-56-53-50-47-44-41-38-35-33-31-29-26-23-20-17-14-11-8-5-2)63-77-80(73,74)76-62-64(60-69)78-67(71)58-55-52-49-46-43-40-36-27-24-21-18-15-12-9-6-3/h7,9-10,12,16,18-19,21,25-29,32,34,36,64-65,69H,4-6,8,11,13-15,17,20,22-24,30-31,33,35,37-63H2,1-3H3,(H,73,74)/b10-7-,12-9-,19-16-,21-18-,28-25-,29-26-,34-32-,36-27-. The number of carbonyl (C=O) groups excluding carboxylic acids is 3. The maximum Gasteiger partial charge on any atom is 0.472 e. The van der Waals surface area contributed by atoms with Crippen molar-refractivity contribution in [1.29, 1.82) is 0 Å². The number of esters is 3. The number of aliphatic hydroxyl groups is 1. The molecule has 460 valence electrons. The molecule has 0 aliphatic rings. The molecule has 3 atom stereocenters. The zero-order valence-corrected chi connectivity index (χ0v) is 51.9. The molecular formula is C68H117O11P. The largest absolute Gasteiger partial charge is 0.472 e. The molecule has 2 N–H and O–H groups in total. The number of rotatable bonds is 59. The van der Waals surface area contributed by atoms with Crippen molar-refractivity contribution in [2.45, 2.75) is 290 Å². The highest BCUT2D eigenvalue weighted by molar-refractivity contribution is 7.47. The predicted octanol–water partition coefficient (Wildman–Crippen LogP) is 19.6. The summed E-state index contributed by atoms with van der Waals surface area (Å²) < 4.78 is 39.7. The van der Waals surface area contributed by atoms with E-state index in [1.54, 1.807) is 0 Å². The lowest BCUT2D eigenvalue weighted by Crippen LogP contribution is -2.30. The summed E-state index contributed by atoms with van der Waals surface area (Å²) in [6, 6.07) is 0. The molecule has 0 aliphatic carbocycles. The molecule has 0 spiro atoms. The van der Waals surface area contributed by atoms with Gasteiger partial charge < -0.3 is 24.2 Å². The number of allylic oxidation sites excluding steroid dienone is 16. The number of unbranched alkanes of at least 4 members (excludes halogenated alkanes) is 26. The van der Waals surface area contributed by atoms with Gasteiger partial charge in [0.1, 0.15) is 12.7 Å². The van der Waals surface area contributed by atoms with Gasteiger partial charge in [-0.15, -0.1) is 0 Å². The van der Waals surface area contributed by atoms with E-state index < -0.39 is 57.8 Å². The molecule has 0 saturated heterocycles. The van der Waals surface area contributed by atoms with Crippen LogP contribution in [0.1, 0.15) is 278 Å². The lowest BCUT2D eigenvalue weighted by molar-refractivity contribution is -0.161. The molecule has 80 heavy (non-hydrogen) atoms. The summed E-state index contributed by atoms with van der Waals surface area (Å²) in [4.78, 5) is 48.8. The van der Waals surface area contributed by atoms with Crippen LogP contribution in [0, 0.1) is 0 Å². The Balaban J connectivity index is 4.75. The summed E-state index contributed by atoms with van der Waals surface area (Å²) >= 11 is 0. The number of phosphoric ester groups is 1. The van der Waals surface area contributed by atoms with Gasteiger partial charge in [0.05, 0.1) is 19.8 Å². The van der Waals surface area contributed by atoms with Crippen LogP contribution in [0.4, 0.5) is 0 Å². The Morgan fingerprint density at radius 2 is 0.650 bits per heavy atom. The van der Waals surface area contributed by atoms with E-state index in [9.17, 15) is 28.9 Å². The van der Waals surface area contributed by atoms with Crippen molar-refractivity contribution in [3.8, 4) is 0 Å². The number of aliphatic hydroxyl groups excluding tert-OH is 1. The molecule has 0 fully saturated rings. The second-order valence-corrected chi connectivity index (χ2v) is 22.6. The average molecular weight is 1140 g/mol. The average Bonchev–Trinajstić information content (AvgIpc) is 3.45. The Morgan fingerprint density at radius 3 is 1.01 bits per heavy atom. The Bertz CT molecular complexity index is 1710. The third kappa shape index (κ3) is 59.0. The van der Waals surface area contributed by atoms with E-state index in [4.69, 9.17) is 23.3 Å². The minimum Gasteiger partial charge on any atom is -0.462 e. The second-order valence-electron chi connectivity index (χ2n) is 21.2. The van der Waals surface area contributed by atoms with Crippen molar-refractivity contribution in [2.75, 3.05) is 26.4 Å². The molecule has 0 radical (unpaired) electrons. The highest BCUT2D eigenvalue weighted by Crippen LogP contribution is 2.43. The maximum atomic E-state index is 13.0. The van der Waals surface area contributed by atoms with Gasteiger partial charge in [-0.05, 0) is 116 Å². The van der Waals surface area contributed by atoms with Crippen LogP contribution in [-0.2, 0) is 42.2 Å². The summed E-state index contributed by atoms with van der Waals surface area (Å²) in [7, 11) is -4.77. The second kappa shape index (κ2) is 61.5. The lowest BCUT2D eigenvalue weighted by Gasteiger charge is -2.21. The van der Waals surface area contributed by atoms with Crippen LogP contribution >= 0.6 is 7.82 Å². The van der Waals surface area contributed by atoms with E-state index in [-0.39, 0.29) is 25.9 Å². The monoisotopic (exact) mass is 1140 g/mol. The first-order valence-corrected chi connectivity index (χ1v) is 33.6. The Labute approximate surface area is 489 Å². The highest BCUT2D eigenvalue weighted by atomic mass is 31.2. The Morgan fingerprint density at radius 1 is 0.362 bits per heavy atom. The van der Waals surface area contributed by atoms with E-state index in [2.05, 4.69) is 118 Å². The van der Waals surface area contributed by atoms with Gasteiger partial charge in [0, 0.05) is 19.3 Å². The van der Waals surface area contributed by atoms with E-state index >= 15 is 0 Å². The smallest absolute Gasteiger partial charge is 0.462 e. The predicted molar refractivity (Wildman–Crippen MR) is 334 cm³/mol. The van der Waals surface area contributed by atoms with E-state index in [0.717, 1.165) is 135 Å². The Kier molecular flexibility index (Phi) is 58.7. The fourth-order valence-corrected chi connectivity index (χ4v) is 9.44. The van der Waals surface area contributed by atoms with Gasteiger partial charge in [0.2, 0.25) is 0 Å². The van der Waals surface area contributed by atoms with Gasteiger partial charge >= 0.3 is 25.7 Å². The fourth-order valence-electron chi connectivity index (χ4n) is 8.65. The molecule has 0 aromatic rings. The molecule has 0 aromatic heterocycles. The van der Waals surface area contributed by atoms with Crippen molar-refractivity contribution in [1.82, 2.24) is 0 Å². The zero-order valence-electron chi connectivity index (χ0n) is 51.0. The molecule has 0 saturated carbocycles. The zero-order chi connectivity index (χ0) is 58.3. The highest BCUT2D eigenvalue weighted by Gasteiger charge is 2.28. The summed E-state index contributed by atoms with van der Waals surface area (Å²) in [6.07, 6.45) is 73.5. The summed E-state index contributed by atoms with van der Waals surface area (Å²) in [5.41, 5.74) is 0. The van der Waals surface area contributed by atoms with Crippen LogP contribution in [-0.4, -0.2) is 66.5 Å². The minimum atomic E-state index is -4.77. The normalized spacial score (nSPS) is 13.9. The van der Waals surface area contributed by atoms with E-state index in [1.165, 1.54) is 83.5 Å². The molecule has 0 rings (SSSR count). The van der Waals surface area contributed by atoms with E-state index in [0.29, 0.717) is 19.3 Å². The summed E-state index contributed by atoms with van der Waals surface area (Å²) in [5.74, 6) is -1.50. The third-order valence-corrected chi connectivity index (χ3v) is 14.4. The SMILES string of the molecule is CC/C=C\C/C=C\C/C=C\C/C=C\CCCCCCCCC(=O)OCC(COP(=O)(O)OCC(CO)OC(=O)CCCCCCC/C=C\C/C=C\C/C=C\CC)OC(=O)CCCCCCCCCCC/C=C\CCCCCCCC. The molecule has 0 aromatic carbocycles. The lowest BCUT2D eigenvalue weighted by atomic mass is 10.1. The van der Waals surface area contributed by atoms with E-state index in [1.807, 2.05) is 0 Å². The van der Waals surface area contributed by atoms with Crippen LogP contribution < -0.4 is 0 Å². The fraction of sp³-hybridized carbons (Fsp3) is 0.721. The summed E-state index contributed by atoms with van der Waals surface area (Å²) in [5, 5.41) is 9.85. The molecule has 11 nitrogen and oxygen atoms in total. The number of ether oxygens (including phenoxy) is 3. The topological polar surface area (TPSA) is 155 Å². The number of hydrogen-bond acceptors (Lipinski definition) is 10. The molecule has 3 unspecified atom stereocenters. The van der Waals surface area contributed by atoms with Crippen molar-refractivity contribution in [2.24, 2.45) is 0 Å². The van der Waals surface area contributed by atoms with Gasteiger partial charge in [0.15, 0.2) is 6.10 Å². The molecule has 12 heteroatoms. The third-order valence-electron chi connectivity index (χ3n) is 13.5. The molecular weight excluding hydrogens is 1020 g/mol. The molecule has 0 heterocycles. The van der Waals surface area contributed by atoms with Crippen molar-refractivity contribution in [3.05, 3.63) is 97.2 Å². The van der Waals surface area contributed by atoms with Crippen LogP contribution in [0.2, 0.25) is 0 Å². The molecule has 0 amide bonds. The first kappa shape index (κ1) is 76.4. The van der Waals surface area contributed by atoms with Crippen LogP contribution in [0.3, 0.4) is 0 Å². The van der Waals surface area contributed by atoms with Gasteiger partial charge in [-0.3, -0.25) is 23.4 Å². The quantitative estimate of drug-likeness (QED) is 0.0197. The molecule has 0 bridgehead atoms. The van der Waals surface area contributed by atoms with Crippen molar-refractivity contribution < 1.29 is 52.2 Å². The van der Waals surface area contributed by atoms with Crippen LogP contribution in [0.5, 0.6) is 0 Å². The van der Waals surface area contributed by atoms with Gasteiger partial charge in [-0.25, -0.2) is 4.57 Å². The molecule has 0 aliphatic heterocycles. The van der Waals surface area contributed by atoms with Crippen LogP contribution in [0.25, 0.3) is 0 Å². The van der Waals surface area contributed by atoms with Gasteiger partial charge in [-0.2, -0.15) is 0 Å². The van der Waals surface area contributed by atoms with Crippen LogP contribution in [0.15, 0.2) is 97.2 Å². The summed E-state index contributed by atoms with van der Waals surface area (Å²) in [6.45, 7) is 4.41. The number of phosphoric acid groups is 1. The minimum absolute atomic E-state index is 0.154. The number of hydrogen-bond donors (Lipinski definition) is 2. The van der Waals surface area contributed by atoms with Crippen molar-refractivity contribution in [3.63, 3.8) is 0 Å². The maximum absolute atomic E-state index is 13.0. The van der Waals surface area contributed by atoms with Gasteiger partial charge in [-0.1, -0.05) is 240 Å². The van der Waals surface area contributed by atoms with Crippen molar-refractivity contribution >= 4 is 25.7 Å². The van der Waals surface area contributed by atoms with Gasteiger partial charge in [0.25, 0.3) is 0 Å².